The lowest BCUT2D eigenvalue weighted by Crippen LogP contribution is -2.27. The van der Waals surface area contributed by atoms with Gasteiger partial charge < -0.3 is 4.98 Å². The molecule has 3 aromatic rings. The van der Waals surface area contributed by atoms with Crippen LogP contribution in [0.4, 0.5) is 0 Å². The molecule has 0 aliphatic rings. The van der Waals surface area contributed by atoms with Crippen molar-refractivity contribution >= 4 is 10.9 Å². The first kappa shape index (κ1) is 17.4. The average Bonchev–Trinajstić information content (AvgIpc) is 2.58. The Labute approximate surface area is 148 Å². The van der Waals surface area contributed by atoms with Crippen LogP contribution < -0.4 is 5.56 Å². The van der Waals surface area contributed by atoms with Crippen LogP contribution in [0.25, 0.3) is 10.9 Å². The van der Waals surface area contributed by atoms with Gasteiger partial charge in [0.15, 0.2) is 0 Å². The largest absolute Gasteiger partial charge is 0.321 e. The van der Waals surface area contributed by atoms with Crippen LogP contribution in [0.1, 0.15) is 41.6 Å². The van der Waals surface area contributed by atoms with E-state index in [0.29, 0.717) is 6.54 Å². The summed E-state index contributed by atoms with van der Waals surface area (Å²) < 4.78 is 0. The van der Waals surface area contributed by atoms with Crippen LogP contribution in [0.5, 0.6) is 0 Å². The highest BCUT2D eigenvalue weighted by atomic mass is 16.1. The molecule has 2 aromatic heterocycles. The van der Waals surface area contributed by atoms with Gasteiger partial charge in [0.2, 0.25) is 0 Å². The van der Waals surface area contributed by atoms with Gasteiger partial charge in [0.05, 0.1) is 5.52 Å². The van der Waals surface area contributed by atoms with E-state index in [2.05, 4.69) is 54.0 Å². The molecule has 4 heteroatoms. The van der Waals surface area contributed by atoms with E-state index in [1.165, 1.54) is 11.1 Å². The lowest BCUT2D eigenvalue weighted by molar-refractivity contribution is 0.229. The third kappa shape index (κ3) is 3.64. The zero-order chi connectivity index (χ0) is 18.0. The summed E-state index contributed by atoms with van der Waals surface area (Å²) in [4.78, 5) is 22.1. The number of aromatic nitrogens is 2. The fourth-order valence-corrected chi connectivity index (χ4v) is 3.60. The molecule has 2 heterocycles. The van der Waals surface area contributed by atoms with E-state index in [-0.39, 0.29) is 11.6 Å². The van der Waals surface area contributed by atoms with Crippen LogP contribution >= 0.6 is 0 Å². The van der Waals surface area contributed by atoms with Gasteiger partial charge in [0.1, 0.15) is 0 Å². The summed E-state index contributed by atoms with van der Waals surface area (Å²) in [5.41, 5.74) is 5.21. The lowest BCUT2D eigenvalue weighted by Gasteiger charge is -2.27. The van der Waals surface area contributed by atoms with Gasteiger partial charge in [-0.15, -0.1) is 0 Å². The fourth-order valence-electron chi connectivity index (χ4n) is 3.60. The van der Waals surface area contributed by atoms with Crippen molar-refractivity contribution in [3.63, 3.8) is 0 Å². The van der Waals surface area contributed by atoms with E-state index < -0.39 is 0 Å². The number of rotatable bonds is 5. The topological polar surface area (TPSA) is 49.0 Å². The number of hydrogen-bond donors (Lipinski definition) is 1. The van der Waals surface area contributed by atoms with Gasteiger partial charge in [-0.2, -0.15) is 0 Å². The van der Waals surface area contributed by atoms with Crippen molar-refractivity contribution in [3.8, 4) is 0 Å². The summed E-state index contributed by atoms with van der Waals surface area (Å²) in [5, 5.41) is 1.09. The Kier molecular flexibility index (Phi) is 5.00. The molecular weight excluding hydrogens is 310 g/mol. The normalized spacial score (nSPS) is 12.7. The third-order valence-corrected chi connectivity index (χ3v) is 4.78. The maximum absolute atomic E-state index is 12.6. The maximum atomic E-state index is 12.6. The number of H-pyrrole nitrogens is 1. The van der Waals surface area contributed by atoms with E-state index in [1.807, 2.05) is 25.3 Å². The van der Waals surface area contributed by atoms with E-state index in [4.69, 9.17) is 0 Å². The Morgan fingerprint density at radius 1 is 1.24 bits per heavy atom. The van der Waals surface area contributed by atoms with E-state index >= 15 is 0 Å². The molecular formula is C21H25N3O. The first-order valence-corrected chi connectivity index (χ1v) is 8.73. The van der Waals surface area contributed by atoms with Crippen molar-refractivity contribution in [2.45, 2.75) is 39.8 Å². The van der Waals surface area contributed by atoms with Crippen LogP contribution in [0, 0.1) is 13.8 Å². The van der Waals surface area contributed by atoms with Crippen molar-refractivity contribution < 1.29 is 0 Å². The standard InChI is InChI=1S/C21H25N3O/c1-5-19(16-7-6-8-22-12-16)24(4)13-18-11-17-10-14(2)9-15(3)20(17)23-21(18)25/h6-12,19H,5,13H2,1-4H3,(H,23,25)/t19-/m1/s1. The summed E-state index contributed by atoms with van der Waals surface area (Å²) in [5.74, 6) is 0. The van der Waals surface area contributed by atoms with Gasteiger partial charge in [-0.05, 0) is 62.0 Å². The zero-order valence-corrected chi connectivity index (χ0v) is 15.3. The molecule has 0 bridgehead atoms. The average molecular weight is 335 g/mol. The SMILES string of the molecule is CC[C@H](c1cccnc1)N(C)Cc1cc2cc(C)cc(C)c2[nH]c1=O. The van der Waals surface area contributed by atoms with Crippen LogP contribution in [0.3, 0.4) is 0 Å². The Morgan fingerprint density at radius 3 is 2.72 bits per heavy atom. The number of nitrogens with zero attached hydrogens (tertiary/aromatic N) is 2. The maximum Gasteiger partial charge on any atom is 0.252 e. The lowest BCUT2D eigenvalue weighted by atomic mass is 10.0. The first-order valence-electron chi connectivity index (χ1n) is 8.73. The Morgan fingerprint density at radius 2 is 2.04 bits per heavy atom. The second-order valence-corrected chi connectivity index (χ2v) is 6.80. The van der Waals surface area contributed by atoms with Crippen molar-refractivity contribution in [2.24, 2.45) is 0 Å². The summed E-state index contributed by atoms with van der Waals surface area (Å²) in [7, 11) is 2.06. The van der Waals surface area contributed by atoms with Gasteiger partial charge >= 0.3 is 0 Å². The fraction of sp³-hybridized carbons (Fsp3) is 0.333. The zero-order valence-electron chi connectivity index (χ0n) is 15.3. The van der Waals surface area contributed by atoms with Gasteiger partial charge in [0, 0.05) is 30.5 Å². The molecule has 0 aliphatic heterocycles. The molecule has 130 valence electrons. The quantitative estimate of drug-likeness (QED) is 0.763. The molecule has 1 atom stereocenters. The van der Waals surface area contributed by atoms with E-state index in [1.54, 1.807) is 6.20 Å². The van der Waals surface area contributed by atoms with Crippen LogP contribution in [0.2, 0.25) is 0 Å². The number of aromatic amines is 1. The summed E-state index contributed by atoms with van der Waals surface area (Å²) in [6.07, 6.45) is 4.66. The Hall–Kier alpha value is -2.46. The molecule has 0 radical (unpaired) electrons. The van der Waals surface area contributed by atoms with Gasteiger partial charge in [-0.3, -0.25) is 14.7 Å². The van der Waals surface area contributed by atoms with Crippen molar-refractivity contribution in [2.75, 3.05) is 7.05 Å². The van der Waals surface area contributed by atoms with E-state index in [0.717, 1.165) is 28.5 Å². The van der Waals surface area contributed by atoms with Crippen LogP contribution in [-0.2, 0) is 6.54 Å². The molecule has 0 amide bonds. The minimum atomic E-state index is -0.00709. The minimum absolute atomic E-state index is 0.00709. The smallest absolute Gasteiger partial charge is 0.252 e. The third-order valence-electron chi connectivity index (χ3n) is 4.78. The molecule has 1 aromatic carbocycles. The molecule has 0 fully saturated rings. The van der Waals surface area contributed by atoms with Crippen molar-refractivity contribution in [1.29, 1.82) is 0 Å². The summed E-state index contributed by atoms with van der Waals surface area (Å²) in [6.45, 7) is 6.88. The highest BCUT2D eigenvalue weighted by Crippen LogP contribution is 2.24. The number of fused-ring (bicyclic) bond motifs is 1. The molecule has 0 saturated heterocycles. The highest BCUT2D eigenvalue weighted by Gasteiger charge is 2.17. The molecule has 4 nitrogen and oxygen atoms in total. The highest BCUT2D eigenvalue weighted by molar-refractivity contribution is 5.82. The molecule has 0 unspecified atom stereocenters. The Balaban J connectivity index is 1.94. The Bertz CT molecular complexity index is 931. The minimum Gasteiger partial charge on any atom is -0.321 e. The second-order valence-electron chi connectivity index (χ2n) is 6.80. The summed E-state index contributed by atoms with van der Waals surface area (Å²) >= 11 is 0. The number of hydrogen-bond acceptors (Lipinski definition) is 3. The van der Waals surface area contributed by atoms with E-state index in [9.17, 15) is 4.79 Å². The monoisotopic (exact) mass is 335 g/mol. The van der Waals surface area contributed by atoms with Crippen molar-refractivity contribution in [3.05, 3.63) is 75.3 Å². The molecule has 25 heavy (non-hydrogen) atoms. The second kappa shape index (κ2) is 7.19. The predicted octanol–water partition coefficient (Wildman–Crippen LogP) is 4.12. The number of pyridine rings is 2. The van der Waals surface area contributed by atoms with Gasteiger partial charge in [-0.1, -0.05) is 24.6 Å². The van der Waals surface area contributed by atoms with Crippen LogP contribution in [-0.4, -0.2) is 21.9 Å². The molecule has 0 saturated carbocycles. The van der Waals surface area contributed by atoms with Crippen LogP contribution in [0.15, 0.2) is 47.5 Å². The molecule has 1 N–H and O–H groups in total. The van der Waals surface area contributed by atoms with Crippen molar-refractivity contribution in [1.82, 2.24) is 14.9 Å². The van der Waals surface area contributed by atoms with Gasteiger partial charge in [-0.25, -0.2) is 0 Å². The number of benzene rings is 1. The number of nitrogens with one attached hydrogen (secondary N) is 1. The van der Waals surface area contributed by atoms with Gasteiger partial charge in [0.25, 0.3) is 5.56 Å². The number of aryl methyl sites for hydroxylation is 2. The molecule has 3 rings (SSSR count). The predicted molar refractivity (Wildman–Crippen MR) is 103 cm³/mol. The molecule has 0 spiro atoms. The first-order chi connectivity index (χ1) is 12.0. The summed E-state index contributed by atoms with van der Waals surface area (Å²) in [6, 6.07) is 10.5. The molecule has 0 aliphatic carbocycles.